The number of benzene rings is 1. The highest BCUT2D eigenvalue weighted by atomic mass is 16.1. The molecule has 0 saturated carbocycles. The van der Waals surface area contributed by atoms with Crippen LogP contribution in [0.3, 0.4) is 0 Å². The van der Waals surface area contributed by atoms with Gasteiger partial charge in [0.25, 0.3) is 0 Å². The van der Waals surface area contributed by atoms with Gasteiger partial charge in [-0.15, -0.1) is 0 Å². The summed E-state index contributed by atoms with van der Waals surface area (Å²) in [4.78, 5) is 13.0. The second-order valence-corrected chi connectivity index (χ2v) is 10.4. The minimum absolute atomic E-state index is 0.0234. The summed E-state index contributed by atoms with van der Waals surface area (Å²) in [5, 5.41) is 0. The lowest BCUT2D eigenvalue weighted by molar-refractivity contribution is -0.401. The molecular formula is C32H41N2O+. The number of hydrogen-bond donors (Lipinski definition) is 0. The maximum absolute atomic E-state index is 10.6. The Morgan fingerprint density at radius 2 is 1.71 bits per heavy atom. The number of allylic oxidation sites excluding steroid dienone is 9. The number of para-hydroxylation sites is 1. The van der Waals surface area contributed by atoms with E-state index in [1.807, 2.05) is 6.08 Å². The molecular weight excluding hydrogens is 428 g/mol. The van der Waals surface area contributed by atoms with E-state index in [0.29, 0.717) is 6.42 Å². The van der Waals surface area contributed by atoms with Crippen LogP contribution in [0, 0.1) is 5.41 Å². The third-order valence-electron chi connectivity index (χ3n) is 7.44. The molecule has 0 atom stereocenters. The van der Waals surface area contributed by atoms with Crippen LogP contribution in [0.25, 0.3) is 0 Å². The van der Waals surface area contributed by atoms with Gasteiger partial charge in [-0.1, -0.05) is 75.9 Å². The molecule has 3 rings (SSSR count). The van der Waals surface area contributed by atoms with E-state index in [-0.39, 0.29) is 10.8 Å². The number of carbonyl (C=O) groups is 1. The quantitative estimate of drug-likeness (QED) is 0.154. The Labute approximate surface area is 212 Å². The van der Waals surface area contributed by atoms with E-state index in [2.05, 4.69) is 118 Å². The first-order valence-electron chi connectivity index (χ1n) is 12.7. The number of carbonyl (C=O) groups excluding carboxylic acids is 1. The van der Waals surface area contributed by atoms with Gasteiger partial charge in [0.05, 0.1) is 5.41 Å². The van der Waals surface area contributed by atoms with E-state index >= 15 is 0 Å². The van der Waals surface area contributed by atoms with Crippen molar-refractivity contribution in [2.45, 2.75) is 58.8 Å². The zero-order valence-electron chi connectivity index (χ0n) is 22.2. The molecule has 1 aromatic carbocycles. The molecule has 0 aliphatic carbocycles. The summed E-state index contributed by atoms with van der Waals surface area (Å²) < 4.78 is 2.29. The summed E-state index contributed by atoms with van der Waals surface area (Å²) in [6.07, 6.45) is 19.4. The van der Waals surface area contributed by atoms with Crippen molar-refractivity contribution < 1.29 is 9.37 Å². The van der Waals surface area contributed by atoms with Crippen LogP contribution in [0.15, 0.2) is 96.9 Å². The summed E-state index contributed by atoms with van der Waals surface area (Å²) >= 11 is 0. The Morgan fingerprint density at radius 3 is 2.40 bits per heavy atom. The number of nitrogens with zero attached hydrogens (tertiary/aromatic N) is 2. The van der Waals surface area contributed by atoms with Crippen molar-refractivity contribution in [2.75, 3.05) is 13.6 Å². The highest BCUT2D eigenvalue weighted by Gasteiger charge is 2.42. The monoisotopic (exact) mass is 469 g/mol. The molecule has 184 valence electrons. The van der Waals surface area contributed by atoms with Crippen molar-refractivity contribution in [2.24, 2.45) is 5.41 Å². The molecule has 3 heteroatoms. The van der Waals surface area contributed by atoms with E-state index in [1.165, 1.54) is 22.7 Å². The van der Waals surface area contributed by atoms with Crippen LogP contribution in [0.1, 0.15) is 58.9 Å². The van der Waals surface area contributed by atoms with Crippen LogP contribution in [0.5, 0.6) is 0 Å². The minimum atomic E-state index is -0.157. The standard InChI is InChI=1S/C32H41N2O/c1-8-18-27-25(2)31(3,4)30(34(27)23-16-9-10-17-24-35)22-13-11-12-21-29-32(5,6)26-19-14-15-20-28(26)33(29)7/h8,11-15,18-22,24H,1-2,9-10,16-17,23H2,3-7H3/q+1/b27-18+. The zero-order valence-corrected chi connectivity index (χ0v) is 22.2. The fourth-order valence-corrected chi connectivity index (χ4v) is 5.28. The van der Waals surface area contributed by atoms with E-state index < -0.39 is 0 Å². The molecule has 35 heavy (non-hydrogen) atoms. The Hall–Kier alpha value is -3.20. The van der Waals surface area contributed by atoms with Gasteiger partial charge in [-0.2, -0.15) is 4.58 Å². The Morgan fingerprint density at radius 1 is 0.971 bits per heavy atom. The van der Waals surface area contributed by atoms with Crippen molar-refractivity contribution in [3.8, 4) is 0 Å². The summed E-state index contributed by atoms with van der Waals surface area (Å²) in [6.45, 7) is 18.3. The van der Waals surface area contributed by atoms with Crippen molar-refractivity contribution in [1.29, 1.82) is 0 Å². The highest BCUT2D eigenvalue weighted by Crippen LogP contribution is 2.49. The molecule has 0 aromatic heterocycles. The van der Waals surface area contributed by atoms with Crippen molar-refractivity contribution in [1.82, 2.24) is 4.90 Å². The van der Waals surface area contributed by atoms with Gasteiger partial charge in [-0.05, 0) is 44.4 Å². The van der Waals surface area contributed by atoms with Crippen molar-refractivity contribution >= 4 is 17.7 Å². The normalized spacial score (nSPS) is 21.2. The third-order valence-corrected chi connectivity index (χ3v) is 7.44. The molecule has 0 unspecified atom stereocenters. The SMILES string of the molecule is C=C/C=C1\C(=C)C(C)(C)\C(=C/C=C/C=C/C2=[N+](C)c3ccccc3C2(C)C)N1CCCCCC=O. The molecule has 0 amide bonds. The van der Waals surface area contributed by atoms with Crippen LogP contribution in [0.2, 0.25) is 0 Å². The molecule has 2 heterocycles. The number of unbranched alkanes of at least 4 members (excludes halogenated alkanes) is 3. The molecule has 0 N–H and O–H groups in total. The molecule has 1 fully saturated rings. The lowest BCUT2D eigenvalue weighted by atomic mass is 9.81. The maximum Gasteiger partial charge on any atom is 0.209 e. The number of likely N-dealkylation sites (tertiary alicyclic amines) is 1. The summed E-state index contributed by atoms with van der Waals surface area (Å²) in [6, 6.07) is 8.64. The maximum atomic E-state index is 10.6. The fourth-order valence-electron chi connectivity index (χ4n) is 5.28. The Balaban J connectivity index is 1.81. The lowest BCUT2D eigenvalue weighted by Gasteiger charge is -2.25. The molecule has 1 aromatic rings. The first-order valence-corrected chi connectivity index (χ1v) is 12.7. The van der Waals surface area contributed by atoms with Gasteiger partial charge >= 0.3 is 0 Å². The fraction of sp³-hybridized carbons (Fsp3) is 0.375. The van der Waals surface area contributed by atoms with E-state index in [1.54, 1.807) is 0 Å². The van der Waals surface area contributed by atoms with Crippen LogP contribution < -0.4 is 0 Å². The molecule has 0 bridgehead atoms. The Kier molecular flexibility index (Phi) is 8.32. The largest absolute Gasteiger partial charge is 0.344 e. The molecule has 3 nitrogen and oxygen atoms in total. The van der Waals surface area contributed by atoms with Gasteiger partial charge in [0.1, 0.15) is 13.3 Å². The van der Waals surface area contributed by atoms with Crippen LogP contribution in [-0.2, 0) is 10.2 Å². The molecule has 1 saturated heterocycles. The first-order chi connectivity index (χ1) is 16.7. The smallest absolute Gasteiger partial charge is 0.209 e. The van der Waals surface area contributed by atoms with E-state index in [0.717, 1.165) is 43.4 Å². The average Bonchev–Trinajstić information content (AvgIpc) is 3.13. The highest BCUT2D eigenvalue weighted by molar-refractivity contribution is 6.03. The summed E-state index contributed by atoms with van der Waals surface area (Å²) in [5.74, 6) is 0. The zero-order chi connectivity index (χ0) is 25.6. The summed E-state index contributed by atoms with van der Waals surface area (Å²) in [7, 11) is 2.14. The van der Waals surface area contributed by atoms with Crippen molar-refractivity contribution in [3.05, 3.63) is 102 Å². The lowest BCUT2D eigenvalue weighted by Crippen LogP contribution is -2.26. The predicted octanol–water partition coefficient (Wildman–Crippen LogP) is 7.42. The predicted molar refractivity (Wildman–Crippen MR) is 149 cm³/mol. The summed E-state index contributed by atoms with van der Waals surface area (Å²) in [5.41, 5.74) is 7.25. The third kappa shape index (κ3) is 5.24. The Bertz CT molecular complexity index is 1140. The molecule has 0 radical (unpaired) electrons. The van der Waals surface area contributed by atoms with Gasteiger partial charge in [-0.3, -0.25) is 0 Å². The molecule has 2 aliphatic rings. The number of hydrogen-bond acceptors (Lipinski definition) is 2. The second kappa shape index (κ2) is 11.0. The molecule has 0 spiro atoms. The number of fused-ring (bicyclic) bond motifs is 1. The van der Waals surface area contributed by atoms with Gasteiger partial charge in [-0.25, -0.2) is 0 Å². The number of rotatable bonds is 10. The van der Waals surface area contributed by atoms with E-state index in [4.69, 9.17) is 0 Å². The van der Waals surface area contributed by atoms with Crippen molar-refractivity contribution in [3.63, 3.8) is 0 Å². The van der Waals surface area contributed by atoms with Gasteiger partial charge in [0.15, 0.2) is 5.71 Å². The van der Waals surface area contributed by atoms with Gasteiger partial charge < -0.3 is 9.69 Å². The van der Waals surface area contributed by atoms with Crippen LogP contribution >= 0.6 is 0 Å². The second-order valence-electron chi connectivity index (χ2n) is 10.4. The number of aldehydes is 1. The van der Waals surface area contributed by atoms with Crippen LogP contribution in [0.4, 0.5) is 5.69 Å². The van der Waals surface area contributed by atoms with Crippen LogP contribution in [-0.4, -0.2) is 35.1 Å². The minimum Gasteiger partial charge on any atom is -0.344 e. The van der Waals surface area contributed by atoms with Gasteiger partial charge in [0, 0.05) is 47.5 Å². The van der Waals surface area contributed by atoms with E-state index in [9.17, 15) is 4.79 Å². The first kappa shape index (κ1) is 26.4. The van der Waals surface area contributed by atoms with Gasteiger partial charge in [0.2, 0.25) is 5.69 Å². The molecule has 2 aliphatic heterocycles. The topological polar surface area (TPSA) is 23.3 Å². The average molecular weight is 470 g/mol.